The summed E-state index contributed by atoms with van der Waals surface area (Å²) in [5, 5.41) is 4.54. The highest BCUT2D eigenvalue weighted by Crippen LogP contribution is 2.33. The van der Waals surface area contributed by atoms with E-state index in [2.05, 4.69) is 10.3 Å². The van der Waals surface area contributed by atoms with Crippen LogP contribution >= 0.6 is 11.6 Å². The molecule has 2 aromatic carbocycles. The van der Waals surface area contributed by atoms with Crippen LogP contribution in [-0.2, 0) is 14.8 Å². The summed E-state index contributed by atoms with van der Waals surface area (Å²) < 4.78 is 33.8. The molecule has 1 N–H and O–H groups in total. The van der Waals surface area contributed by atoms with Crippen molar-refractivity contribution in [1.29, 1.82) is 0 Å². The number of anilines is 1. The van der Waals surface area contributed by atoms with Crippen LogP contribution in [0.2, 0.25) is 5.02 Å². The fraction of sp³-hybridized carbons (Fsp3) is 0.273. The first kappa shape index (κ1) is 21.5. The van der Waals surface area contributed by atoms with E-state index in [0.717, 1.165) is 5.39 Å². The molecule has 9 heteroatoms. The predicted molar refractivity (Wildman–Crippen MR) is 120 cm³/mol. The Labute approximate surface area is 186 Å². The van der Waals surface area contributed by atoms with Gasteiger partial charge in [0.25, 0.3) is 0 Å². The zero-order chi connectivity index (χ0) is 22.0. The van der Waals surface area contributed by atoms with E-state index in [4.69, 9.17) is 16.3 Å². The molecule has 1 amide bonds. The predicted octanol–water partition coefficient (Wildman–Crippen LogP) is 3.94. The molecule has 31 heavy (non-hydrogen) atoms. The molecule has 0 aliphatic carbocycles. The van der Waals surface area contributed by atoms with Gasteiger partial charge in [-0.2, -0.15) is 4.31 Å². The van der Waals surface area contributed by atoms with Gasteiger partial charge in [-0.05, 0) is 37.1 Å². The van der Waals surface area contributed by atoms with Crippen LogP contribution in [0.4, 0.5) is 5.82 Å². The molecule has 1 aliphatic heterocycles. The molecule has 1 atom stereocenters. The van der Waals surface area contributed by atoms with Gasteiger partial charge in [0, 0.05) is 30.1 Å². The first-order valence-electron chi connectivity index (χ1n) is 9.88. The molecule has 7 nitrogen and oxygen atoms in total. The van der Waals surface area contributed by atoms with Crippen LogP contribution in [0.25, 0.3) is 10.8 Å². The SMILES string of the molecule is COc1ccc(S(=O)(=O)N2CCCC(C(=O)Nc3ccc(Cl)cn3)C2)c2ccccc12. The van der Waals surface area contributed by atoms with Gasteiger partial charge in [0.1, 0.15) is 11.6 Å². The van der Waals surface area contributed by atoms with E-state index in [1.165, 1.54) is 10.5 Å². The first-order chi connectivity index (χ1) is 14.9. The number of hydrogen-bond donors (Lipinski definition) is 1. The van der Waals surface area contributed by atoms with Crippen LogP contribution in [0, 0.1) is 5.92 Å². The number of fused-ring (bicyclic) bond motifs is 1. The van der Waals surface area contributed by atoms with Crippen molar-refractivity contribution < 1.29 is 17.9 Å². The van der Waals surface area contributed by atoms with Crippen molar-refractivity contribution in [1.82, 2.24) is 9.29 Å². The quantitative estimate of drug-likeness (QED) is 0.624. The molecule has 0 spiro atoms. The minimum absolute atomic E-state index is 0.113. The summed E-state index contributed by atoms with van der Waals surface area (Å²) in [6, 6.07) is 13.7. The van der Waals surface area contributed by atoms with Crippen LogP contribution in [0.3, 0.4) is 0 Å². The second-order valence-corrected chi connectivity index (χ2v) is 9.71. The summed E-state index contributed by atoms with van der Waals surface area (Å²) in [5.41, 5.74) is 0. The maximum absolute atomic E-state index is 13.5. The second kappa shape index (κ2) is 8.82. The smallest absolute Gasteiger partial charge is 0.243 e. The van der Waals surface area contributed by atoms with Crippen LogP contribution in [-0.4, -0.2) is 43.8 Å². The number of ether oxygens (including phenoxy) is 1. The number of methoxy groups -OCH3 is 1. The summed E-state index contributed by atoms with van der Waals surface area (Å²) in [6.45, 7) is 0.480. The van der Waals surface area contributed by atoms with E-state index in [1.807, 2.05) is 12.1 Å². The minimum Gasteiger partial charge on any atom is -0.496 e. The molecule has 1 aliphatic rings. The van der Waals surface area contributed by atoms with Crippen LogP contribution in [0.1, 0.15) is 12.8 Å². The number of nitrogens with zero attached hydrogens (tertiary/aromatic N) is 2. The summed E-state index contributed by atoms with van der Waals surface area (Å²) in [5.74, 6) is 0.274. The van der Waals surface area contributed by atoms with Gasteiger partial charge < -0.3 is 10.1 Å². The molecule has 162 valence electrons. The van der Waals surface area contributed by atoms with Crippen molar-refractivity contribution in [2.45, 2.75) is 17.7 Å². The number of carbonyl (C=O) groups is 1. The van der Waals surface area contributed by atoms with Gasteiger partial charge in [-0.1, -0.05) is 35.9 Å². The Balaban J connectivity index is 1.58. The van der Waals surface area contributed by atoms with Crippen LogP contribution < -0.4 is 10.1 Å². The van der Waals surface area contributed by atoms with E-state index in [0.29, 0.717) is 41.4 Å². The third kappa shape index (κ3) is 4.37. The summed E-state index contributed by atoms with van der Waals surface area (Å²) in [7, 11) is -2.24. The second-order valence-electron chi connectivity index (χ2n) is 7.36. The van der Waals surface area contributed by atoms with E-state index in [-0.39, 0.29) is 17.3 Å². The number of nitrogens with one attached hydrogen (secondary N) is 1. The number of amides is 1. The Morgan fingerprint density at radius 3 is 2.65 bits per heavy atom. The lowest BCUT2D eigenvalue weighted by molar-refractivity contribution is -0.120. The van der Waals surface area contributed by atoms with Gasteiger partial charge in [0.15, 0.2) is 0 Å². The minimum atomic E-state index is -3.79. The zero-order valence-corrected chi connectivity index (χ0v) is 18.5. The Kier molecular flexibility index (Phi) is 6.13. The number of hydrogen-bond acceptors (Lipinski definition) is 5. The monoisotopic (exact) mass is 459 g/mol. The number of benzene rings is 2. The first-order valence-corrected chi connectivity index (χ1v) is 11.7. The van der Waals surface area contributed by atoms with Crippen LogP contribution in [0.15, 0.2) is 59.6 Å². The molecular formula is C22H22ClN3O4S. The van der Waals surface area contributed by atoms with Gasteiger partial charge in [-0.3, -0.25) is 4.79 Å². The van der Waals surface area contributed by atoms with E-state index >= 15 is 0 Å². The van der Waals surface area contributed by atoms with Gasteiger partial charge in [-0.15, -0.1) is 0 Å². The third-order valence-electron chi connectivity index (χ3n) is 5.42. The van der Waals surface area contributed by atoms with Gasteiger partial charge in [0.2, 0.25) is 15.9 Å². The summed E-state index contributed by atoms with van der Waals surface area (Å²) >= 11 is 5.83. The van der Waals surface area contributed by atoms with Gasteiger partial charge >= 0.3 is 0 Å². The molecule has 4 rings (SSSR count). The Morgan fingerprint density at radius 1 is 1.16 bits per heavy atom. The molecule has 1 fully saturated rings. The number of carbonyl (C=O) groups excluding carboxylic acids is 1. The molecule has 0 bridgehead atoms. The van der Waals surface area contributed by atoms with Crippen molar-refractivity contribution in [2.75, 3.05) is 25.5 Å². The topological polar surface area (TPSA) is 88.6 Å². The molecular weight excluding hydrogens is 438 g/mol. The molecule has 3 aromatic rings. The Morgan fingerprint density at radius 2 is 1.94 bits per heavy atom. The average molecular weight is 460 g/mol. The molecule has 0 radical (unpaired) electrons. The third-order valence-corrected chi connectivity index (χ3v) is 7.56. The lowest BCUT2D eigenvalue weighted by Crippen LogP contribution is -2.43. The lowest BCUT2D eigenvalue weighted by atomic mass is 9.99. The van der Waals surface area contributed by atoms with Gasteiger partial charge in [0.05, 0.1) is 22.9 Å². The Bertz CT molecular complexity index is 1220. The largest absolute Gasteiger partial charge is 0.496 e. The van der Waals surface area contributed by atoms with E-state index < -0.39 is 15.9 Å². The highest BCUT2D eigenvalue weighted by atomic mass is 35.5. The number of halogens is 1. The summed E-state index contributed by atoms with van der Waals surface area (Å²) in [4.78, 5) is 17.0. The molecule has 0 saturated carbocycles. The number of aromatic nitrogens is 1. The fourth-order valence-electron chi connectivity index (χ4n) is 3.84. The zero-order valence-electron chi connectivity index (χ0n) is 16.9. The van der Waals surface area contributed by atoms with Crippen molar-refractivity contribution in [2.24, 2.45) is 5.92 Å². The lowest BCUT2D eigenvalue weighted by Gasteiger charge is -2.31. The van der Waals surface area contributed by atoms with Crippen molar-refractivity contribution in [3.8, 4) is 5.75 Å². The molecule has 1 unspecified atom stereocenters. The maximum atomic E-state index is 13.5. The number of piperidine rings is 1. The number of sulfonamides is 1. The van der Waals surface area contributed by atoms with Crippen molar-refractivity contribution in [3.63, 3.8) is 0 Å². The Hall–Kier alpha value is -2.68. The van der Waals surface area contributed by atoms with Crippen molar-refractivity contribution in [3.05, 3.63) is 59.8 Å². The standard InChI is InChI=1S/C22H22ClN3O4S/c1-30-19-9-10-20(18-7-3-2-6-17(18)19)31(28,29)26-12-4-5-15(14-26)22(27)25-21-11-8-16(23)13-24-21/h2-3,6-11,13,15H,4-5,12,14H2,1H3,(H,24,25,27). The highest BCUT2D eigenvalue weighted by molar-refractivity contribution is 7.89. The number of pyridine rings is 1. The summed E-state index contributed by atoms with van der Waals surface area (Å²) in [6.07, 6.45) is 2.65. The average Bonchev–Trinajstić information content (AvgIpc) is 2.79. The molecule has 1 aromatic heterocycles. The fourth-order valence-corrected chi connectivity index (χ4v) is 5.67. The number of rotatable bonds is 5. The maximum Gasteiger partial charge on any atom is 0.243 e. The molecule has 1 saturated heterocycles. The normalized spacial score (nSPS) is 17.4. The highest BCUT2D eigenvalue weighted by Gasteiger charge is 2.34. The van der Waals surface area contributed by atoms with E-state index in [1.54, 1.807) is 43.5 Å². The van der Waals surface area contributed by atoms with Crippen LogP contribution in [0.5, 0.6) is 5.75 Å². The molecule has 2 heterocycles. The van der Waals surface area contributed by atoms with Gasteiger partial charge in [-0.25, -0.2) is 13.4 Å². The van der Waals surface area contributed by atoms with E-state index in [9.17, 15) is 13.2 Å². The van der Waals surface area contributed by atoms with Crippen molar-refractivity contribution >= 4 is 44.1 Å².